The van der Waals surface area contributed by atoms with Crippen molar-refractivity contribution in [3.63, 3.8) is 0 Å². The summed E-state index contributed by atoms with van der Waals surface area (Å²) in [5, 5.41) is 3.06. The molecule has 1 saturated carbocycles. The SMILES string of the molecule is COc1ccc(NC(N)=NCC2COC3(CCCCC3)O2)cc1OC.I. The highest BCUT2D eigenvalue weighted by Gasteiger charge is 2.41. The summed E-state index contributed by atoms with van der Waals surface area (Å²) in [6.07, 6.45) is 5.51. The van der Waals surface area contributed by atoms with Crippen molar-refractivity contribution in [3.8, 4) is 11.5 Å². The number of halogens is 1. The molecule has 26 heavy (non-hydrogen) atoms. The van der Waals surface area contributed by atoms with Crippen LogP contribution in [0.3, 0.4) is 0 Å². The maximum Gasteiger partial charge on any atom is 0.193 e. The maximum atomic E-state index is 6.11. The number of anilines is 1. The zero-order chi connectivity index (χ0) is 17.7. The summed E-state index contributed by atoms with van der Waals surface area (Å²) in [5.41, 5.74) is 6.77. The van der Waals surface area contributed by atoms with E-state index >= 15 is 0 Å². The first-order valence-corrected chi connectivity index (χ1v) is 8.75. The zero-order valence-corrected chi connectivity index (χ0v) is 17.7. The molecule has 1 aromatic carbocycles. The highest BCUT2D eigenvalue weighted by Crippen LogP contribution is 2.37. The second kappa shape index (κ2) is 9.61. The van der Waals surface area contributed by atoms with Gasteiger partial charge in [0.15, 0.2) is 23.2 Å². The van der Waals surface area contributed by atoms with E-state index in [4.69, 9.17) is 24.7 Å². The largest absolute Gasteiger partial charge is 0.493 e. The highest BCUT2D eigenvalue weighted by molar-refractivity contribution is 14.0. The van der Waals surface area contributed by atoms with Gasteiger partial charge >= 0.3 is 0 Å². The van der Waals surface area contributed by atoms with Crippen LogP contribution in [0.4, 0.5) is 5.69 Å². The van der Waals surface area contributed by atoms with Gasteiger partial charge in [0.1, 0.15) is 6.10 Å². The average molecular weight is 477 g/mol. The van der Waals surface area contributed by atoms with Gasteiger partial charge in [-0.1, -0.05) is 6.42 Å². The number of nitrogens with two attached hydrogens (primary N) is 1. The third-order valence-corrected chi connectivity index (χ3v) is 4.65. The summed E-state index contributed by atoms with van der Waals surface area (Å²) in [4.78, 5) is 4.38. The van der Waals surface area contributed by atoms with E-state index in [-0.39, 0.29) is 35.9 Å². The van der Waals surface area contributed by atoms with E-state index in [0.29, 0.717) is 30.6 Å². The number of rotatable bonds is 5. The van der Waals surface area contributed by atoms with E-state index in [1.54, 1.807) is 14.2 Å². The van der Waals surface area contributed by atoms with E-state index in [0.717, 1.165) is 18.5 Å². The van der Waals surface area contributed by atoms with Crippen LogP contribution >= 0.6 is 24.0 Å². The molecule has 0 aromatic heterocycles. The standard InChI is InChI=1S/C18H27N3O4.HI/c1-22-15-7-6-13(10-16(15)23-2)21-17(19)20-11-14-12-24-18(25-14)8-4-3-5-9-18;/h6-7,10,14H,3-5,8-9,11-12H2,1-2H3,(H3,19,20,21);1H. The molecule has 1 aromatic rings. The number of benzene rings is 1. The number of ether oxygens (including phenoxy) is 4. The Morgan fingerprint density at radius 2 is 1.96 bits per heavy atom. The maximum absolute atomic E-state index is 6.11. The number of nitrogens with one attached hydrogen (secondary N) is 1. The summed E-state index contributed by atoms with van der Waals surface area (Å²) >= 11 is 0. The number of aliphatic imine (C=N–C) groups is 1. The van der Waals surface area contributed by atoms with Crippen LogP contribution in [0, 0.1) is 0 Å². The van der Waals surface area contributed by atoms with Crippen molar-refractivity contribution in [2.24, 2.45) is 10.7 Å². The van der Waals surface area contributed by atoms with Gasteiger partial charge in [-0.25, -0.2) is 0 Å². The lowest BCUT2D eigenvalue weighted by Gasteiger charge is -2.31. The van der Waals surface area contributed by atoms with Crippen LogP contribution in [0.5, 0.6) is 11.5 Å². The summed E-state index contributed by atoms with van der Waals surface area (Å²) in [6, 6.07) is 5.48. The van der Waals surface area contributed by atoms with Crippen LogP contribution in [0.1, 0.15) is 32.1 Å². The topological polar surface area (TPSA) is 87.3 Å². The molecule has 1 heterocycles. The van der Waals surface area contributed by atoms with Gasteiger partial charge in [0.05, 0.1) is 27.4 Å². The summed E-state index contributed by atoms with van der Waals surface area (Å²) in [5.74, 6) is 1.26. The fraction of sp³-hybridized carbons (Fsp3) is 0.611. The van der Waals surface area contributed by atoms with E-state index in [1.165, 1.54) is 19.3 Å². The Morgan fingerprint density at radius 3 is 2.65 bits per heavy atom. The minimum absolute atomic E-state index is 0. The molecule has 1 spiro atoms. The van der Waals surface area contributed by atoms with Crippen molar-refractivity contribution in [3.05, 3.63) is 18.2 Å². The number of nitrogens with zero attached hydrogens (tertiary/aromatic N) is 1. The van der Waals surface area contributed by atoms with E-state index in [2.05, 4.69) is 10.3 Å². The Hall–Kier alpha value is -1.26. The van der Waals surface area contributed by atoms with Crippen LogP contribution in [-0.2, 0) is 9.47 Å². The van der Waals surface area contributed by atoms with Gasteiger partial charge in [-0.3, -0.25) is 4.99 Å². The van der Waals surface area contributed by atoms with Crippen molar-refractivity contribution in [1.29, 1.82) is 0 Å². The molecule has 7 nitrogen and oxygen atoms in total. The molecule has 2 fully saturated rings. The summed E-state index contributed by atoms with van der Waals surface area (Å²) in [7, 11) is 3.20. The van der Waals surface area contributed by atoms with Gasteiger partial charge in [-0.05, 0) is 25.0 Å². The third-order valence-electron chi connectivity index (χ3n) is 4.65. The molecular weight excluding hydrogens is 449 g/mol. The molecule has 3 rings (SSSR count). The van der Waals surface area contributed by atoms with Crippen LogP contribution < -0.4 is 20.5 Å². The Kier molecular flexibility index (Phi) is 7.78. The Balaban J connectivity index is 0.00000243. The number of methoxy groups -OCH3 is 2. The van der Waals surface area contributed by atoms with Crippen molar-refractivity contribution >= 4 is 35.6 Å². The smallest absolute Gasteiger partial charge is 0.193 e. The van der Waals surface area contributed by atoms with Gasteiger partial charge < -0.3 is 30.0 Å². The van der Waals surface area contributed by atoms with E-state index < -0.39 is 0 Å². The van der Waals surface area contributed by atoms with Crippen LogP contribution in [0.15, 0.2) is 23.2 Å². The monoisotopic (exact) mass is 477 g/mol. The normalized spacial score (nSPS) is 21.9. The number of guanidine groups is 1. The first-order valence-electron chi connectivity index (χ1n) is 8.75. The van der Waals surface area contributed by atoms with Crippen molar-refractivity contribution < 1.29 is 18.9 Å². The molecule has 1 aliphatic carbocycles. The first-order chi connectivity index (χ1) is 12.1. The molecule has 1 aliphatic heterocycles. The average Bonchev–Trinajstić information content (AvgIpc) is 3.02. The van der Waals surface area contributed by atoms with Gasteiger partial charge in [0, 0.05) is 24.6 Å². The van der Waals surface area contributed by atoms with Gasteiger partial charge in [-0.2, -0.15) is 0 Å². The number of hydrogen-bond donors (Lipinski definition) is 2. The molecule has 1 saturated heterocycles. The molecular formula is C18H28IN3O4. The highest BCUT2D eigenvalue weighted by atomic mass is 127. The molecule has 2 aliphatic rings. The fourth-order valence-corrected chi connectivity index (χ4v) is 3.36. The molecule has 3 N–H and O–H groups in total. The van der Waals surface area contributed by atoms with Crippen LogP contribution in [-0.4, -0.2) is 45.2 Å². The lowest BCUT2D eigenvalue weighted by atomic mass is 9.94. The molecule has 0 radical (unpaired) electrons. The number of hydrogen-bond acceptors (Lipinski definition) is 5. The predicted octanol–water partition coefficient (Wildman–Crippen LogP) is 3.12. The summed E-state index contributed by atoms with van der Waals surface area (Å²) in [6.45, 7) is 1.06. The van der Waals surface area contributed by atoms with Crippen molar-refractivity contribution in [1.82, 2.24) is 0 Å². The minimum Gasteiger partial charge on any atom is -0.493 e. The lowest BCUT2D eigenvalue weighted by Crippen LogP contribution is -2.34. The first kappa shape index (κ1) is 21.0. The minimum atomic E-state index is -0.371. The Labute approximate surface area is 171 Å². The van der Waals surface area contributed by atoms with Gasteiger partial charge in [0.25, 0.3) is 0 Å². The second-order valence-corrected chi connectivity index (χ2v) is 6.44. The molecule has 0 amide bonds. The second-order valence-electron chi connectivity index (χ2n) is 6.44. The zero-order valence-electron chi connectivity index (χ0n) is 15.3. The van der Waals surface area contributed by atoms with Gasteiger partial charge in [0.2, 0.25) is 0 Å². The predicted molar refractivity (Wildman–Crippen MR) is 112 cm³/mol. The molecule has 1 unspecified atom stereocenters. The van der Waals surface area contributed by atoms with Crippen LogP contribution in [0.25, 0.3) is 0 Å². The third kappa shape index (κ3) is 5.14. The van der Waals surface area contributed by atoms with Crippen molar-refractivity contribution in [2.75, 3.05) is 32.7 Å². The van der Waals surface area contributed by atoms with E-state index in [9.17, 15) is 0 Å². The quantitative estimate of drug-likeness (QED) is 0.385. The molecule has 0 bridgehead atoms. The van der Waals surface area contributed by atoms with E-state index in [1.807, 2.05) is 18.2 Å². The van der Waals surface area contributed by atoms with Crippen LogP contribution in [0.2, 0.25) is 0 Å². The Bertz CT molecular complexity index is 620. The lowest BCUT2D eigenvalue weighted by molar-refractivity contribution is -0.186. The summed E-state index contributed by atoms with van der Waals surface area (Å²) < 4.78 is 22.5. The molecule has 1 atom stereocenters. The van der Waals surface area contributed by atoms with Gasteiger partial charge in [-0.15, -0.1) is 24.0 Å². The Morgan fingerprint density at radius 1 is 1.23 bits per heavy atom. The molecule has 146 valence electrons. The fourth-order valence-electron chi connectivity index (χ4n) is 3.36. The van der Waals surface area contributed by atoms with Crippen molar-refractivity contribution in [2.45, 2.75) is 44.0 Å². The molecule has 8 heteroatoms.